The van der Waals surface area contributed by atoms with E-state index in [1.807, 2.05) is 36.5 Å². The molecule has 0 radical (unpaired) electrons. The Morgan fingerprint density at radius 1 is 1.07 bits per heavy atom. The zero-order valence-electron chi connectivity index (χ0n) is 15.6. The molecule has 4 rings (SSSR count). The third-order valence-electron chi connectivity index (χ3n) is 4.65. The highest BCUT2D eigenvalue weighted by molar-refractivity contribution is 5.93. The first-order valence-electron chi connectivity index (χ1n) is 9.29. The van der Waals surface area contributed by atoms with Crippen molar-refractivity contribution in [1.82, 2.24) is 15.3 Å². The first kappa shape index (κ1) is 18.3. The van der Waals surface area contributed by atoms with E-state index in [-0.39, 0.29) is 5.91 Å². The van der Waals surface area contributed by atoms with Crippen LogP contribution >= 0.6 is 0 Å². The van der Waals surface area contributed by atoms with Gasteiger partial charge in [-0.1, -0.05) is 18.2 Å². The van der Waals surface area contributed by atoms with Gasteiger partial charge >= 0.3 is 0 Å². The zero-order chi connectivity index (χ0) is 20.1. The number of pyridine rings is 1. The average molecular weight is 381 g/mol. The van der Waals surface area contributed by atoms with Gasteiger partial charge in [0.05, 0.1) is 11.6 Å². The molecule has 0 spiro atoms. The van der Waals surface area contributed by atoms with Gasteiger partial charge < -0.3 is 15.6 Å². The third kappa shape index (κ3) is 4.25. The van der Waals surface area contributed by atoms with Crippen molar-refractivity contribution in [3.8, 4) is 6.07 Å². The second kappa shape index (κ2) is 8.28. The molecule has 6 nitrogen and oxygen atoms in total. The predicted molar refractivity (Wildman–Crippen MR) is 113 cm³/mol. The lowest BCUT2D eigenvalue weighted by atomic mass is 10.1. The van der Waals surface area contributed by atoms with Crippen LogP contribution in [0.25, 0.3) is 10.9 Å². The summed E-state index contributed by atoms with van der Waals surface area (Å²) in [5, 5.41) is 16.2. The molecule has 4 aromatic rings. The van der Waals surface area contributed by atoms with Gasteiger partial charge in [-0.2, -0.15) is 5.26 Å². The molecule has 0 fully saturated rings. The number of aromatic amines is 1. The highest BCUT2D eigenvalue weighted by Gasteiger charge is 2.09. The zero-order valence-corrected chi connectivity index (χ0v) is 15.6. The number of H-pyrrole nitrogens is 1. The van der Waals surface area contributed by atoms with E-state index in [1.54, 1.807) is 30.5 Å². The van der Waals surface area contributed by atoms with Crippen molar-refractivity contribution in [2.75, 3.05) is 11.9 Å². The summed E-state index contributed by atoms with van der Waals surface area (Å²) < 4.78 is 0. The van der Waals surface area contributed by atoms with Crippen LogP contribution in [0.15, 0.2) is 73.1 Å². The molecule has 2 aromatic carbocycles. The van der Waals surface area contributed by atoms with Crippen LogP contribution in [0.2, 0.25) is 0 Å². The van der Waals surface area contributed by atoms with Crippen molar-refractivity contribution in [2.24, 2.45) is 0 Å². The number of hydrogen-bond donors (Lipinski definition) is 3. The topological polar surface area (TPSA) is 93.6 Å². The number of nitrogens with one attached hydrogen (secondary N) is 3. The average Bonchev–Trinajstić information content (AvgIpc) is 3.18. The van der Waals surface area contributed by atoms with Crippen molar-refractivity contribution >= 4 is 28.2 Å². The molecule has 0 aliphatic rings. The summed E-state index contributed by atoms with van der Waals surface area (Å²) >= 11 is 0. The van der Waals surface area contributed by atoms with Crippen LogP contribution < -0.4 is 10.6 Å². The third-order valence-corrected chi connectivity index (χ3v) is 4.65. The summed E-state index contributed by atoms with van der Waals surface area (Å²) in [5.41, 5.74) is 4.80. The van der Waals surface area contributed by atoms with E-state index < -0.39 is 0 Å². The Kier molecular flexibility index (Phi) is 5.21. The minimum Gasteiger partial charge on any atom is -0.361 e. The molecule has 0 aliphatic heterocycles. The Morgan fingerprint density at radius 2 is 1.90 bits per heavy atom. The summed E-state index contributed by atoms with van der Waals surface area (Å²) in [4.78, 5) is 19.9. The van der Waals surface area contributed by atoms with Crippen LogP contribution in [0, 0.1) is 11.3 Å². The number of nitrogens with zero attached hydrogens (tertiary/aromatic N) is 2. The lowest BCUT2D eigenvalue weighted by molar-refractivity contribution is 0.0949. The number of fused-ring (bicyclic) bond motifs is 1. The first-order valence-corrected chi connectivity index (χ1v) is 9.29. The maximum absolute atomic E-state index is 12.5. The van der Waals surface area contributed by atoms with Crippen molar-refractivity contribution < 1.29 is 4.79 Å². The van der Waals surface area contributed by atoms with Gasteiger partial charge in [0, 0.05) is 41.2 Å². The Morgan fingerprint density at radius 3 is 2.72 bits per heavy atom. The minimum absolute atomic E-state index is 0.215. The van der Waals surface area contributed by atoms with E-state index in [2.05, 4.69) is 32.7 Å². The Balaban J connectivity index is 1.37. The molecule has 2 heterocycles. The number of benzene rings is 2. The Bertz CT molecular complexity index is 1190. The monoisotopic (exact) mass is 381 g/mol. The number of nitriles is 1. The standard InChI is InChI=1S/C23H19N5O/c24-14-16-5-7-18(8-6-16)28-19-10-12-25-22(13-19)23(29)26-11-9-17-15-27-21-4-2-1-3-20(17)21/h1-8,10,12-13,15,27H,9,11H2,(H,25,28)(H,26,29). The highest BCUT2D eigenvalue weighted by atomic mass is 16.1. The highest BCUT2D eigenvalue weighted by Crippen LogP contribution is 2.19. The molecule has 142 valence electrons. The van der Waals surface area contributed by atoms with Crippen LogP contribution in [-0.4, -0.2) is 22.4 Å². The molecule has 0 saturated carbocycles. The summed E-state index contributed by atoms with van der Waals surface area (Å²) in [5.74, 6) is -0.215. The van der Waals surface area contributed by atoms with Crippen LogP contribution in [0.5, 0.6) is 0 Å². The molecule has 0 atom stereocenters. The lowest BCUT2D eigenvalue weighted by Crippen LogP contribution is -2.26. The molecule has 1 amide bonds. The van der Waals surface area contributed by atoms with Gasteiger partial charge in [0.2, 0.25) is 0 Å². The summed E-state index contributed by atoms with van der Waals surface area (Å²) in [6.07, 6.45) is 4.32. The smallest absolute Gasteiger partial charge is 0.269 e. The van der Waals surface area contributed by atoms with Gasteiger partial charge in [-0.05, 0) is 54.4 Å². The number of carbonyl (C=O) groups is 1. The molecule has 6 heteroatoms. The van der Waals surface area contributed by atoms with Crippen LogP contribution in [0.3, 0.4) is 0 Å². The number of anilines is 2. The molecule has 0 saturated heterocycles. The van der Waals surface area contributed by atoms with E-state index in [4.69, 9.17) is 5.26 Å². The van der Waals surface area contributed by atoms with E-state index in [0.717, 1.165) is 23.3 Å². The summed E-state index contributed by atoms with van der Waals surface area (Å²) in [6.45, 7) is 0.523. The van der Waals surface area contributed by atoms with Gasteiger partial charge in [-0.25, -0.2) is 0 Å². The molecule has 2 aromatic heterocycles. The fraction of sp³-hybridized carbons (Fsp3) is 0.0870. The Labute approximate surface area is 168 Å². The number of hydrogen-bond acceptors (Lipinski definition) is 4. The second-order valence-electron chi connectivity index (χ2n) is 6.61. The van der Waals surface area contributed by atoms with E-state index in [0.29, 0.717) is 17.8 Å². The van der Waals surface area contributed by atoms with Crippen LogP contribution in [-0.2, 0) is 6.42 Å². The molecule has 0 aliphatic carbocycles. The van der Waals surface area contributed by atoms with E-state index in [9.17, 15) is 4.79 Å². The number of aromatic nitrogens is 2. The van der Waals surface area contributed by atoms with Crippen molar-refractivity contribution in [1.29, 1.82) is 5.26 Å². The fourth-order valence-corrected chi connectivity index (χ4v) is 3.17. The number of para-hydroxylation sites is 1. The van der Waals surface area contributed by atoms with Gasteiger partial charge in [0.25, 0.3) is 5.91 Å². The maximum atomic E-state index is 12.5. The van der Waals surface area contributed by atoms with Gasteiger partial charge in [-0.15, -0.1) is 0 Å². The predicted octanol–water partition coefficient (Wildman–Crippen LogP) is 4.15. The maximum Gasteiger partial charge on any atom is 0.269 e. The van der Waals surface area contributed by atoms with Crippen molar-refractivity contribution in [3.63, 3.8) is 0 Å². The molecule has 3 N–H and O–H groups in total. The number of amides is 1. The quantitative estimate of drug-likeness (QED) is 0.468. The van der Waals surface area contributed by atoms with Gasteiger partial charge in [0.1, 0.15) is 5.69 Å². The van der Waals surface area contributed by atoms with Gasteiger partial charge in [-0.3, -0.25) is 9.78 Å². The van der Waals surface area contributed by atoms with Crippen molar-refractivity contribution in [3.05, 3.63) is 89.9 Å². The fourth-order valence-electron chi connectivity index (χ4n) is 3.17. The summed E-state index contributed by atoms with van der Waals surface area (Å²) in [7, 11) is 0. The lowest BCUT2D eigenvalue weighted by Gasteiger charge is -2.09. The molecular formula is C23H19N5O. The SMILES string of the molecule is N#Cc1ccc(Nc2ccnc(C(=O)NCCc3c[nH]c4ccccc34)c2)cc1. The molecule has 29 heavy (non-hydrogen) atoms. The molecule has 0 bridgehead atoms. The van der Waals surface area contributed by atoms with E-state index >= 15 is 0 Å². The largest absolute Gasteiger partial charge is 0.361 e. The number of carbonyl (C=O) groups excluding carboxylic acids is 1. The number of rotatable bonds is 6. The minimum atomic E-state index is -0.215. The van der Waals surface area contributed by atoms with Crippen LogP contribution in [0.4, 0.5) is 11.4 Å². The normalized spacial score (nSPS) is 10.4. The van der Waals surface area contributed by atoms with Gasteiger partial charge in [0.15, 0.2) is 0 Å². The van der Waals surface area contributed by atoms with E-state index in [1.165, 1.54) is 10.9 Å². The van der Waals surface area contributed by atoms with Crippen LogP contribution in [0.1, 0.15) is 21.6 Å². The first-order chi connectivity index (χ1) is 14.2. The molecular weight excluding hydrogens is 362 g/mol. The molecule has 0 unspecified atom stereocenters. The second-order valence-corrected chi connectivity index (χ2v) is 6.61. The summed E-state index contributed by atoms with van der Waals surface area (Å²) in [6, 6.07) is 20.8. The Hall–Kier alpha value is -4.11. The van der Waals surface area contributed by atoms with Crippen molar-refractivity contribution in [2.45, 2.75) is 6.42 Å².